The molecule has 0 unspecified atom stereocenters. The van der Waals surface area contributed by atoms with E-state index >= 15 is 0 Å². The van der Waals surface area contributed by atoms with Gasteiger partial charge in [-0.05, 0) is 38.8 Å². The highest BCUT2D eigenvalue weighted by Gasteiger charge is 2.37. The summed E-state index contributed by atoms with van der Waals surface area (Å²) >= 11 is 0. The van der Waals surface area contributed by atoms with Gasteiger partial charge in [-0.15, -0.1) is 0 Å². The van der Waals surface area contributed by atoms with Crippen molar-refractivity contribution < 1.29 is 14.6 Å². The summed E-state index contributed by atoms with van der Waals surface area (Å²) in [7, 11) is 0. The van der Waals surface area contributed by atoms with Crippen LogP contribution in [0.1, 0.15) is 37.8 Å². The number of hydrogen-bond donors (Lipinski definition) is 1. The molecule has 1 fully saturated rings. The van der Waals surface area contributed by atoms with E-state index in [-0.39, 0.29) is 24.5 Å². The summed E-state index contributed by atoms with van der Waals surface area (Å²) in [6.07, 6.45) is -0.294. The van der Waals surface area contributed by atoms with E-state index in [1.807, 2.05) is 32.9 Å². The highest BCUT2D eigenvalue weighted by Crippen LogP contribution is 2.34. The Morgan fingerprint density at radius 1 is 1.33 bits per heavy atom. The van der Waals surface area contributed by atoms with E-state index in [9.17, 15) is 9.90 Å². The molecule has 1 saturated heterocycles. The van der Waals surface area contributed by atoms with E-state index in [2.05, 4.69) is 19.1 Å². The lowest BCUT2D eigenvalue weighted by molar-refractivity contribution is 0.0283. The number of aliphatic hydroxyl groups excluding tert-OH is 1. The maximum atomic E-state index is 12.2. The predicted molar refractivity (Wildman–Crippen MR) is 82.3 cm³/mol. The largest absolute Gasteiger partial charge is 0.444 e. The zero-order valence-corrected chi connectivity index (χ0v) is 13.3. The molecule has 0 radical (unpaired) electrons. The second kappa shape index (κ2) is 6.06. The van der Waals surface area contributed by atoms with Crippen LogP contribution in [-0.4, -0.2) is 41.4 Å². The zero-order valence-electron chi connectivity index (χ0n) is 13.3. The van der Waals surface area contributed by atoms with E-state index in [4.69, 9.17) is 4.74 Å². The number of hydrogen-bond acceptors (Lipinski definition) is 3. The topological polar surface area (TPSA) is 49.8 Å². The van der Waals surface area contributed by atoms with Crippen LogP contribution >= 0.6 is 0 Å². The van der Waals surface area contributed by atoms with Crippen LogP contribution in [-0.2, 0) is 4.74 Å². The summed E-state index contributed by atoms with van der Waals surface area (Å²) in [6, 6.07) is 8.17. The molecule has 1 aliphatic heterocycles. The minimum absolute atomic E-state index is 0.0682. The van der Waals surface area contributed by atoms with Gasteiger partial charge in [-0.1, -0.05) is 24.3 Å². The van der Waals surface area contributed by atoms with Crippen molar-refractivity contribution in [3.8, 4) is 0 Å². The van der Waals surface area contributed by atoms with Gasteiger partial charge >= 0.3 is 6.09 Å². The van der Waals surface area contributed by atoms with Crippen LogP contribution in [0.25, 0.3) is 0 Å². The number of carbonyl (C=O) groups excluding carboxylic acids is 1. The van der Waals surface area contributed by atoms with Crippen molar-refractivity contribution in [2.45, 2.75) is 39.2 Å². The quantitative estimate of drug-likeness (QED) is 0.911. The Morgan fingerprint density at radius 2 is 2.00 bits per heavy atom. The summed E-state index contributed by atoms with van der Waals surface area (Å²) in [5.41, 5.74) is 1.92. The van der Waals surface area contributed by atoms with Gasteiger partial charge in [0.15, 0.2) is 0 Å². The lowest BCUT2D eigenvalue weighted by atomic mass is 9.87. The molecule has 4 heteroatoms. The van der Waals surface area contributed by atoms with Crippen molar-refractivity contribution in [3.63, 3.8) is 0 Å². The molecular formula is C17H25NO3. The molecule has 0 aromatic heterocycles. The summed E-state index contributed by atoms with van der Waals surface area (Å²) in [5.74, 6) is 0.238. The maximum absolute atomic E-state index is 12.2. The zero-order chi connectivity index (χ0) is 15.6. The van der Waals surface area contributed by atoms with Crippen molar-refractivity contribution >= 4 is 6.09 Å². The number of nitrogens with zero attached hydrogens (tertiary/aromatic N) is 1. The highest BCUT2D eigenvalue weighted by molar-refractivity contribution is 5.68. The number of benzene rings is 1. The molecule has 1 amide bonds. The molecule has 116 valence electrons. The number of ether oxygens (including phenoxy) is 1. The van der Waals surface area contributed by atoms with E-state index < -0.39 is 5.60 Å². The van der Waals surface area contributed by atoms with E-state index in [1.54, 1.807) is 4.90 Å². The van der Waals surface area contributed by atoms with Crippen molar-refractivity contribution in [1.29, 1.82) is 0 Å². The molecule has 21 heavy (non-hydrogen) atoms. The molecule has 4 nitrogen and oxygen atoms in total. The van der Waals surface area contributed by atoms with Gasteiger partial charge < -0.3 is 14.7 Å². The molecule has 1 aliphatic rings. The van der Waals surface area contributed by atoms with Crippen molar-refractivity contribution in [3.05, 3.63) is 35.4 Å². The fourth-order valence-electron chi connectivity index (χ4n) is 2.89. The molecule has 1 aromatic rings. The summed E-state index contributed by atoms with van der Waals surface area (Å²) in [6.45, 7) is 8.89. The van der Waals surface area contributed by atoms with Gasteiger partial charge in [-0.25, -0.2) is 4.79 Å². The Hall–Kier alpha value is -1.55. The lowest BCUT2D eigenvalue weighted by Crippen LogP contribution is -2.35. The Labute approximate surface area is 126 Å². The van der Waals surface area contributed by atoms with E-state index in [0.717, 1.165) is 0 Å². The van der Waals surface area contributed by atoms with Gasteiger partial charge in [0, 0.05) is 31.5 Å². The van der Waals surface area contributed by atoms with Gasteiger partial charge in [0.05, 0.1) is 0 Å². The summed E-state index contributed by atoms with van der Waals surface area (Å²) < 4.78 is 5.43. The first-order valence-electron chi connectivity index (χ1n) is 7.46. The average molecular weight is 291 g/mol. The summed E-state index contributed by atoms with van der Waals surface area (Å²) in [4.78, 5) is 13.9. The van der Waals surface area contributed by atoms with E-state index in [1.165, 1.54) is 11.1 Å². The number of likely N-dealkylation sites (tertiary alicyclic amines) is 1. The Balaban J connectivity index is 2.15. The SMILES string of the molecule is Cc1ccccc1[C@@H]1CN(C(=O)OC(C)(C)C)C[C@@H]1CO. The van der Waals surface area contributed by atoms with Crippen LogP contribution in [0, 0.1) is 12.8 Å². The number of aliphatic hydroxyl groups is 1. The Bertz CT molecular complexity index is 507. The molecule has 0 aliphatic carbocycles. The van der Waals surface area contributed by atoms with Crippen LogP contribution in [0.4, 0.5) is 4.79 Å². The molecule has 2 atom stereocenters. The molecule has 2 rings (SSSR count). The molecule has 1 heterocycles. The fourth-order valence-corrected chi connectivity index (χ4v) is 2.89. The molecular weight excluding hydrogens is 266 g/mol. The normalized spacial score (nSPS) is 22.4. The van der Waals surface area contributed by atoms with Crippen LogP contribution < -0.4 is 0 Å². The predicted octanol–water partition coefficient (Wildman–Crippen LogP) is 2.94. The van der Waals surface area contributed by atoms with Crippen LogP contribution in [0.15, 0.2) is 24.3 Å². The van der Waals surface area contributed by atoms with Crippen molar-refractivity contribution in [2.24, 2.45) is 5.92 Å². The number of carbonyl (C=O) groups is 1. The van der Waals surface area contributed by atoms with Gasteiger partial charge in [0.1, 0.15) is 5.60 Å². The highest BCUT2D eigenvalue weighted by atomic mass is 16.6. The minimum Gasteiger partial charge on any atom is -0.444 e. The minimum atomic E-state index is -0.494. The van der Waals surface area contributed by atoms with Crippen LogP contribution in [0.2, 0.25) is 0 Å². The van der Waals surface area contributed by atoms with Gasteiger partial charge in [0.25, 0.3) is 0 Å². The first-order valence-corrected chi connectivity index (χ1v) is 7.46. The molecule has 0 spiro atoms. The number of rotatable bonds is 2. The van der Waals surface area contributed by atoms with Crippen LogP contribution in [0.3, 0.4) is 0 Å². The Kier molecular flexibility index (Phi) is 4.57. The van der Waals surface area contributed by atoms with Gasteiger partial charge in [-0.3, -0.25) is 0 Å². The third-order valence-corrected chi connectivity index (χ3v) is 3.92. The standard InChI is InChI=1S/C17H25NO3/c1-12-7-5-6-8-14(12)15-10-18(9-13(15)11-19)16(20)21-17(2,3)4/h5-8,13,15,19H,9-11H2,1-4H3/t13-,15-/m1/s1. The average Bonchev–Trinajstić information content (AvgIpc) is 2.81. The molecule has 1 aromatic carbocycles. The molecule has 1 N–H and O–H groups in total. The van der Waals surface area contributed by atoms with Crippen molar-refractivity contribution in [1.82, 2.24) is 4.90 Å². The van der Waals surface area contributed by atoms with Crippen LogP contribution in [0.5, 0.6) is 0 Å². The van der Waals surface area contributed by atoms with Crippen molar-refractivity contribution in [2.75, 3.05) is 19.7 Å². The Morgan fingerprint density at radius 3 is 2.57 bits per heavy atom. The monoisotopic (exact) mass is 291 g/mol. The first-order chi connectivity index (χ1) is 9.81. The maximum Gasteiger partial charge on any atom is 0.410 e. The second-order valence-electron chi connectivity index (χ2n) is 6.79. The number of aryl methyl sites for hydroxylation is 1. The third kappa shape index (κ3) is 3.76. The molecule has 0 saturated carbocycles. The van der Waals surface area contributed by atoms with Gasteiger partial charge in [0.2, 0.25) is 0 Å². The fraction of sp³-hybridized carbons (Fsp3) is 0.588. The third-order valence-electron chi connectivity index (χ3n) is 3.92. The van der Waals surface area contributed by atoms with Gasteiger partial charge in [-0.2, -0.15) is 0 Å². The lowest BCUT2D eigenvalue weighted by Gasteiger charge is -2.24. The first kappa shape index (κ1) is 15.8. The number of amides is 1. The summed E-state index contributed by atoms with van der Waals surface area (Å²) in [5, 5.41) is 9.64. The van der Waals surface area contributed by atoms with E-state index in [0.29, 0.717) is 13.1 Å². The molecule has 0 bridgehead atoms. The second-order valence-corrected chi connectivity index (χ2v) is 6.79. The smallest absolute Gasteiger partial charge is 0.410 e.